The Bertz CT molecular complexity index is 731. The molecule has 1 aromatic heterocycles. The van der Waals surface area contributed by atoms with Crippen LogP contribution in [0.5, 0.6) is 5.75 Å². The number of benzene rings is 1. The number of hydrogen-bond donors (Lipinski definition) is 0. The lowest BCUT2D eigenvalue weighted by molar-refractivity contribution is -0.138. The Labute approximate surface area is 153 Å². The van der Waals surface area contributed by atoms with Gasteiger partial charge in [-0.3, -0.25) is 4.79 Å². The zero-order chi connectivity index (χ0) is 17.8. The fourth-order valence-corrected chi connectivity index (χ4v) is 4.21. The maximum Gasteiger partial charge on any atom is 0.246 e. The van der Waals surface area contributed by atoms with Crippen molar-refractivity contribution in [2.45, 2.75) is 57.7 Å². The van der Waals surface area contributed by atoms with Crippen molar-refractivity contribution in [2.24, 2.45) is 5.92 Å². The molecule has 1 saturated heterocycles. The molecule has 138 valence electrons. The van der Waals surface area contributed by atoms with Crippen LogP contribution in [0.4, 0.5) is 0 Å². The Morgan fingerprint density at radius 1 is 1.12 bits per heavy atom. The predicted molar refractivity (Wildman–Crippen MR) is 95.3 cm³/mol. The molecule has 26 heavy (non-hydrogen) atoms. The zero-order valence-electron chi connectivity index (χ0n) is 15.0. The summed E-state index contributed by atoms with van der Waals surface area (Å²) in [5.41, 5.74) is 0. The molecule has 2 heterocycles. The van der Waals surface area contributed by atoms with Crippen LogP contribution in [0.2, 0.25) is 0 Å². The van der Waals surface area contributed by atoms with Gasteiger partial charge >= 0.3 is 0 Å². The van der Waals surface area contributed by atoms with E-state index in [-0.39, 0.29) is 19.1 Å². The van der Waals surface area contributed by atoms with E-state index in [1.165, 1.54) is 30.5 Å². The maximum absolute atomic E-state index is 12.8. The summed E-state index contributed by atoms with van der Waals surface area (Å²) in [6.45, 7) is 1.26. The molecule has 0 spiro atoms. The molecule has 4 rings (SSSR count). The second-order valence-electron chi connectivity index (χ2n) is 7.18. The number of fused-ring (bicyclic) bond motifs is 1. The molecule has 1 aromatic carbocycles. The summed E-state index contributed by atoms with van der Waals surface area (Å²) in [6.07, 6.45) is 7.30. The largest absolute Gasteiger partial charge is 0.485 e. The number of hydrogen-bond acceptors (Lipinski definition) is 5. The number of likely N-dealkylation sites (tertiary alicyclic amines) is 1. The first-order valence-electron chi connectivity index (χ1n) is 9.53. The summed E-state index contributed by atoms with van der Waals surface area (Å²) >= 11 is 0. The zero-order valence-corrected chi connectivity index (χ0v) is 15.0. The molecule has 7 heteroatoms. The molecule has 1 aliphatic heterocycles. The number of carbonyl (C=O) groups excluding carboxylic acids is 1. The molecule has 2 fully saturated rings. The number of carbonyl (C=O) groups is 1. The van der Waals surface area contributed by atoms with Gasteiger partial charge in [0, 0.05) is 12.6 Å². The minimum absolute atomic E-state index is 0.106. The molecule has 1 saturated carbocycles. The van der Waals surface area contributed by atoms with Gasteiger partial charge in [-0.25, -0.2) is 0 Å². The number of aromatic nitrogens is 4. The summed E-state index contributed by atoms with van der Waals surface area (Å²) in [5, 5.41) is 12.3. The summed E-state index contributed by atoms with van der Waals surface area (Å²) < 4.78 is 5.62. The van der Waals surface area contributed by atoms with Crippen molar-refractivity contribution in [3.8, 4) is 5.75 Å². The first-order chi connectivity index (χ1) is 12.8. The van der Waals surface area contributed by atoms with Crippen LogP contribution in [0.1, 0.15) is 44.3 Å². The summed E-state index contributed by atoms with van der Waals surface area (Å²) in [7, 11) is 0. The molecule has 2 unspecified atom stereocenters. The van der Waals surface area contributed by atoms with E-state index in [9.17, 15) is 4.79 Å². The quantitative estimate of drug-likeness (QED) is 0.824. The van der Waals surface area contributed by atoms with Crippen molar-refractivity contribution in [3.05, 3.63) is 36.2 Å². The van der Waals surface area contributed by atoms with Crippen LogP contribution in [0, 0.1) is 5.92 Å². The minimum atomic E-state index is 0.106. The molecular weight excluding hydrogens is 330 g/mol. The number of nitrogens with zero attached hydrogens (tertiary/aromatic N) is 5. The first-order valence-corrected chi connectivity index (χ1v) is 9.53. The molecule has 0 bridgehead atoms. The summed E-state index contributed by atoms with van der Waals surface area (Å²) in [5.74, 6) is 2.03. The number of tetrazole rings is 1. The van der Waals surface area contributed by atoms with Gasteiger partial charge in [-0.05, 0) is 48.9 Å². The van der Waals surface area contributed by atoms with Crippen molar-refractivity contribution in [3.63, 3.8) is 0 Å². The average Bonchev–Trinajstić information content (AvgIpc) is 3.14. The molecular formula is C19H25N5O2. The Balaban J connectivity index is 1.33. The van der Waals surface area contributed by atoms with Gasteiger partial charge in [-0.15, -0.1) is 10.2 Å². The fraction of sp³-hybridized carbons (Fsp3) is 0.579. The van der Waals surface area contributed by atoms with Crippen molar-refractivity contribution in [1.29, 1.82) is 0 Å². The lowest BCUT2D eigenvalue weighted by atomic mass is 9.78. The van der Waals surface area contributed by atoms with E-state index >= 15 is 0 Å². The van der Waals surface area contributed by atoms with Crippen LogP contribution in [-0.4, -0.2) is 43.6 Å². The van der Waals surface area contributed by atoms with E-state index in [2.05, 4.69) is 20.3 Å². The highest BCUT2D eigenvalue weighted by Crippen LogP contribution is 2.35. The second-order valence-corrected chi connectivity index (χ2v) is 7.18. The molecule has 1 amide bonds. The summed E-state index contributed by atoms with van der Waals surface area (Å²) in [4.78, 5) is 16.2. The van der Waals surface area contributed by atoms with Crippen molar-refractivity contribution in [1.82, 2.24) is 25.1 Å². The highest BCUT2D eigenvalue weighted by Gasteiger charge is 2.35. The van der Waals surface area contributed by atoms with E-state index in [0.29, 0.717) is 17.8 Å². The van der Waals surface area contributed by atoms with Crippen LogP contribution in [0.15, 0.2) is 30.3 Å². The Kier molecular flexibility index (Phi) is 5.13. The molecule has 2 aromatic rings. The lowest BCUT2D eigenvalue weighted by Crippen LogP contribution is -2.50. The van der Waals surface area contributed by atoms with Crippen LogP contribution in [0.3, 0.4) is 0 Å². The van der Waals surface area contributed by atoms with Gasteiger partial charge < -0.3 is 9.64 Å². The van der Waals surface area contributed by atoms with Gasteiger partial charge in [0.15, 0.2) is 6.61 Å². The third-order valence-corrected chi connectivity index (χ3v) is 5.45. The van der Waals surface area contributed by atoms with Gasteiger partial charge in [0.2, 0.25) is 11.7 Å². The van der Waals surface area contributed by atoms with Crippen LogP contribution in [0.25, 0.3) is 0 Å². The van der Waals surface area contributed by atoms with Crippen molar-refractivity contribution < 1.29 is 9.53 Å². The Morgan fingerprint density at radius 2 is 1.92 bits per heavy atom. The molecule has 7 nitrogen and oxygen atoms in total. The number of para-hydroxylation sites is 1. The second kappa shape index (κ2) is 7.85. The van der Waals surface area contributed by atoms with Gasteiger partial charge in [-0.2, -0.15) is 4.80 Å². The van der Waals surface area contributed by atoms with Crippen molar-refractivity contribution >= 4 is 5.91 Å². The van der Waals surface area contributed by atoms with Crippen LogP contribution in [-0.2, 0) is 17.9 Å². The number of rotatable bonds is 5. The molecule has 1 aliphatic carbocycles. The minimum Gasteiger partial charge on any atom is -0.485 e. The van der Waals surface area contributed by atoms with Gasteiger partial charge in [0.1, 0.15) is 12.3 Å². The van der Waals surface area contributed by atoms with E-state index < -0.39 is 0 Å². The molecule has 2 aliphatic rings. The van der Waals surface area contributed by atoms with Gasteiger partial charge in [-0.1, -0.05) is 31.0 Å². The third kappa shape index (κ3) is 3.86. The van der Waals surface area contributed by atoms with Crippen LogP contribution >= 0.6 is 0 Å². The number of amides is 1. The highest BCUT2D eigenvalue weighted by molar-refractivity contribution is 5.76. The molecule has 2 atom stereocenters. The average molecular weight is 355 g/mol. The number of piperidine rings is 1. The normalized spacial score (nSPS) is 22.7. The monoisotopic (exact) mass is 355 g/mol. The van der Waals surface area contributed by atoms with Crippen LogP contribution < -0.4 is 4.74 Å². The Hall–Kier alpha value is -2.44. The number of ether oxygens (including phenoxy) is 1. The smallest absolute Gasteiger partial charge is 0.246 e. The molecule has 0 radical (unpaired) electrons. The van der Waals surface area contributed by atoms with E-state index in [4.69, 9.17) is 4.74 Å². The first kappa shape index (κ1) is 17.0. The van der Waals surface area contributed by atoms with E-state index in [0.717, 1.165) is 25.1 Å². The maximum atomic E-state index is 12.8. The standard InChI is InChI=1S/C19H25N5O2/c25-19(23-12-6-8-15-7-4-5-11-17(15)23)13-24-21-18(20-22-24)14-26-16-9-2-1-3-10-16/h1-3,9-10,15,17H,4-8,11-14H2. The predicted octanol–water partition coefficient (Wildman–Crippen LogP) is 2.43. The van der Waals surface area contributed by atoms with E-state index in [1.807, 2.05) is 30.3 Å². The SMILES string of the molecule is O=C(Cn1nnc(COc2ccccc2)n1)N1CCCC2CCCCC21. The third-order valence-electron chi connectivity index (χ3n) is 5.45. The van der Waals surface area contributed by atoms with Crippen molar-refractivity contribution in [2.75, 3.05) is 6.54 Å². The highest BCUT2D eigenvalue weighted by atomic mass is 16.5. The van der Waals surface area contributed by atoms with Gasteiger partial charge in [0.05, 0.1) is 0 Å². The topological polar surface area (TPSA) is 73.1 Å². The fourth-order valence-electron chi connectivity index (χ4n) is 4.21. The Morgan fingerprint density at radius 3 is 2.81 bits per heavy atom. The van der Waals surface area contributed by atoms with E-state index in [1.54, 1.807) is 0 Å². The lowest BCUT2D eigenvalue weighted by Gasteiger charge is -2.44. The summed E-state index contributed by atoms with van der Waals surface area (Å²) in [6, 6.07) is 9.93. The van der Waals surface area contributed by atoms with Gasteiger partial charge in [0.25, 0.3) is 0 Å². The molecule has 0 N–H and O–H groups in total.